The van der Waals surface area contributed by atoms with Crippen molar-refractivity contribution in [2.24, 2.45) is 5.92 Å². The van der Waals surface area contributed by atoms with Crippen LogP contribution < -0.4 is 5.32 Å². The quantitative estimate of drug-likeness (QED) is 0.858. The maximum absolute atomic E-state index is 12.2. The Hall–Kier alpha value is -1.84. The number of rotatable bonds is 6. The lowest BCUT2D eigenvalue weighted by Gasteiger charge is -2.14. The predicted octanol–water partition coefficient (Wildman–Crippen LogP) is 3.33. The minimum absolute atomic E-state index is 0.0207. The summed E-state index contributed by atoms with van der Waals surface area (Å²) >= 11 is 6.13. The van der Waals surface area contributed by atoms with Crippen molar-refractivity contribution < 1.29 is 9.90 Å². The zero-order valence-corrected chi connectivity index (χ0v) is 13.3. The summed E-state index contributed by atoms with van der Waals surface area (Å²) in [5.74, 6) is -0.186. The lowest BCUT2D eigenvalue weighted by Crippen LogP contribution is -2.30. The van der Waals surface area contributed by atoms with E-state index in [1.165, 1.54) is 0 Å². The van der Waals surface area contributed by atoms with Crippen molar-refractivity contribution in [3.63, 3.8) is 0 Å². The van der Waals surface area contributed by atoms with Crippen LogP contribution in [0.2, 0.25) is 5.02 Å². The van der Waals surface area contributed by atoms with Gasteiger partial charge in [0.15, 0.2) is 0 Å². The lowest BCUT2D eigenvalue weighted by atomic mass is 10.00. The molecule has 2 N–H and O–H groups in total. The molecule has 0 fully saturated rings. The van der Waals surface area contributed by atoms with Gasteiger partial charge in [-0.2, -0.15) is 0 Å². The summed E-state index contributed by atoms with van der Waals surface area (Å²) in [5, 5.41) is 12.9. The van der Waals surface area contributed by atoms with E-state index in [2.05, 4.69) is 5.32 Å². The maximum atomic E-state index is 12.2. The third-order valence-electron chi connectivity index (χ3n) is 3.67. The van der Waals surface area contributed by atoms with Gasteiger partial charge in [-0.05, 0) is 29.2 Å². The predicted molar refractivity (Wildman–Crippen MR) is 88.5 cm³/mol. The Kier molecular flexibility index (Phi) is 5.99. The highest BCUT2D eigenvalue weighted by Gasteiger charge is 2.15. The molecule has 0 spiro atoms. The van der Waals surface area contributed by atoms with Crippen LogP contribution in [0.1, 0.15) is 23.6 Å². The number of aliphatic hydroxyl groups excluding tert-OH is 1. The fraction of sp³-hybridized carbons (Fsp3) is 0.278. The van der Waals surface area contributed by atoms with E-state index >= 15 is 0 Å². The third-order valence-corrected chi connectivity index (χ3v) is 4.04. The molecule has 0 aliphatic heterocycles. The van der Waals surface area contributed by atoms with Gasteiger partial charge in [-0.3, -0.25) is 4.79 Å². The molecule has 1 amide bonds. The number of hydrogen-bond acceptors (Lipinski definition) is 2. The van der Waals surface area contributed by atoms with E-state index in [0.29, 0.717) is 18.0 Å². The molecule has 2 rings (SSSR count). The summed E-state index contributed by atoms with van der Waals surface area (Å²) in [6.45, 7) is 2.28. The molecule has 2 aromatic carbocycles. The largest absolute Gasteiger partial charge is 0.392 e. The fourth-order valence-electron chi connectivity index (χ4n) is 2.33. The van der Waals surface area contributed by atoms with Gasteiger partial charge in [-0.25, -0.2) is 0 Å². The van der Waals surface area contributed by atoms with Crippen molar-refractivity contribution in [3.05, 3.63) is 70.2 Å². The molecule has 0 radical (unpaired) electrons. The highest BCUT2D eigenvalue weighted by atomic mass is 35.5. The van der Waals surface area contributed by atoms with E-state index in [1.807, 2.05) is 55.5 Å². The first kappa shape index (κ1) is 16.5. The van der Waals surface area contributed by atoms with Crippen LogP contribution in [0.4, 0.5) is 0 Å². The van der Waals surface area contributed by atoms with Crippen LogP contribution in [0, 0.1) is 5.92 Å². The first-order valence-corrected chi connectivity index (χ1v) is 7.68. The van der Waals surface area contributed by atoms with Crippen LogP contribution in [0.25, 0.3) is 0 Å². The molecule has 1 atom stereocenters. The molecule has 0 aliphatic carbocycles. The van der Waals surface area contributed by atoms with E-state index in [9.17, 15) is 9.90 Å². The van der Waals surface area contributed by atoms with Gasteiger partial charge in [-0.1, -0.05) is 61.0 Å². The first-order valence-electron chi connectivity index (χ1n) is 7.30. The number of carbonyl (C=O) groups excluding carboxylic acids is 1. The second-order valence-corrected chi connectivity index (χ2v) is 5.75. The molecule has 0 aliphatic rings. The molecule has 4 heteroatoms. The Labute approximate surface area is 135 Å². The van der Waals surface area contributed by atoms with Gasteiger partial charge in [-0.15, -0.1) is 0 Å². The van der Waals surface area contributed by atoms with E-state index in [-0.39, 0.29) is 18.4 Å². The fourth-order valence-corrected chi connectivity index (χ4v) is 2.54. The molecule has 0 saturated carbocycles. The molecule has 0 aromatic heterocycles. The van der Waals surface area contributed by atoms with Gasteiger partial charge in [0.25, 0.3) is 0 Å². The Morgan fingerprint density at radius 3 is 2.32 bits per heavy atom. The van der Waals surface area contributed by atoms with Crippen molar-refractivity contribution in [2.45, 2.75) is 26.5 Å². The van der Waals surface area contributed by atoms with E-state index in [1.54, 1.807) is 0 Å². The van der Waals surface area contributed by atoms with Gasteiger partial charge in [0.05, 0.1) is 6.61 Å². The molecular weight excluding hydrogens is 298 g/mol. The standard InChI is InChI=1S/C18H20ClNO2/c1-13(10-14-6-4-5-9-17(14)19)18(22)20-11-15-7-2-3-8-16(15)12-21/h2-9,13,21H,10-12H2,1H3,(H,20,22). The van der Waals surface area contributed by atoms with Crippen LogP contribution in [0.15, 0.2) is 48.5 Å². The molecule has 0 saturated heterocycles. The maximum Gasteiger partial charge on any atom is 0.223 e. The van der Waals surface area contributed by atoms with Crippen LogP contribution in [0.3, 0.4) is 0 Å². The summed E-state index contributed by atoms with van der Waals surface area (Å²) in [7, 11) is 0. The second kappa shape index (κ2) is 7.97. The molecule has 116 valence electrons. The zero-order chi connectivity index (χ0) is 15.9. The van der Waals surface area contributed by atoms with Crippen LogP contribution >= 0.6 is 11.6 Å². The normalized spacial score (nSPS) is 12.0. The molecular formula is C18H20ClNO2. The Morgan fingerprint density at radius 1 is 1.09 bits per heavy atom. The number of carbonyl (C=O) groups is 1. The summed E-state index contributed by atoms with van der Waals surface area (Å²) in [4.78, 5) is 12.2. The molecule has 0 heterocycles. The zero-order valence-electron chi connectivity index (χ0n) is 12.6. The minimum Gasteiger partial charge on any atom is -0.392 e. The van der Waals surface area contributed by atoms with E-state index in [0.717, 1.165) is 16.7 Å². The van der Waals surface area contributed by atoms with Crippen molar-refractivity contribution in [1.82, 2.24) is 5.32 Å². The highest BCUT2D eigenvalue weighted by molar-refractivity contribution is 6.31. The summed E-state index contributed by atoms with van der Waals surface area (Å²) in [6.07, 6.45) is 0.604. The van der Waals surface area contributed by atoms with E-state index in [4.69, 9.17) is 11.6 Å². The summed E-state index contributed by atoms with van der Waals surface area (Å²) < 4.78 is 0. The molecule has 1 unspecified atom stereocenters. The van der Waals surface area contributed by atoms with Crippen LogP contribution in [-0.2, 0) is 24.4 Å². The van der Waals surface area contributed by atoms with Gasteiger partial charge in [0.1, 0.15) is 0 Å². The first-order chi connectivity index (χ1) is 10.6. The van der Waals surface area contributed by atoms with Gasteiger partial charge >= 0.3 is 0 Å². The van der Waals surface area contributed by atoms with Crippen molar-refractivity contribution in [1.29, 1.82) is 0 Å². The summed E-state index contributed by atoms with van der Waals surface area (Å²) in [6, 6.07) is 15.1. The Bertz CT molecular complexity index is 642. The lowest BCUT2D eigenvalue weighted by molar-refractivity contribution is -0.124. The van der Waals surface area contributed by atoms with Crippen molar-refractivity contribution in [3.8, 4) is 0 Å². The average Bonchev–Trinajstić information content (AvgIpc) is 2.54. The van der Waals surface area contributed by atoms with Gasteiger partial charge < -0.3 is 10.4 Å². The highest BCUT2D eigenvalue weighted by Crippen LogP contribution is 2.19. The minimum atomic E-state index is -0.166. The monoisotopic (exact) mass is 317 g/mol. The van der Waals surface area contributed by atoms with Gasteiger partial charge in [0.2, 0.25) is 5.91 Å². The smallest absolute Gasteiger partial charge is 0.223 e. The van der Waals surface area contributed by atoms with Crippen LogP contribution in [0.5, 0.6) is 0 Å². The number of hydrogen-bond donors (Lipinski definition) is 2. The number of aliphatic hydroxyl groups is 1. The van der Waals surface area contributed by atoms with E-state index < -0.39 is 0 Å². The Balaban J connectivity index is 1.93. The van der Waals surface area contributed by atoms with Crippen LogP contribution in [-0.4, -0.2) is 11.0 Å². The van der Waals surface area contributed by atoms with Gasteiger partial charge in [0, 0.05) is 17.5 Å². The SMILES string of the molecule is CC(Cc1ccccc1Cl)C(=O)NCc1ccccc1CO. The molecule has 3 nitrogen and oxygen atoms in total. The number of benzene rings is 2. The Morgan fingerprint density at radius 2 is 1.68 bits per heavy atom. The second-order valence-electron chi connectivity index (χ2n) is 5.34. The number of amides is 1. The average molecular weight is 318 g/mol. The third kappa shape index (κ3) is 4.33. The number of halogens is 1. The number of nitrogens with one attached hydrogen (secondary N) is 1. The molecule has 22 heavy (non-hydrogen) atoms. The van der Waals surface area contributed by atoms with Crippen molar-refractivity contribution >= 4 is 17.5 Å². The summed E-state index contributed by atoms with van der Waals surface area (Å²) in [5.41, 5.74) is 2.74. The topological polar surface area (TPSA) is 49.3 Å². The molecule has 2 aromatic rings. The van der Waals surface area contributed by atoms with Crippen molar-refractivity contribution in [2.75, 3.05) is 0 Å². The molecule has 0 bridgehead atoms.